The van der Waals surface area contributed by atoms with E-state index in [0.717, 1.165) is 0 Å². The Morgan fingerprint density at radius 3 is 1.83 bits per heavy atom. The minimum Gasteiger partial charge on any atom is -0.299 e. The van der Waals surface area contributed by atoms with Gasteiger partial charge in [-0.25, -0.2) is 0 Å². The molecule has 2 aromatic carbocycles. The molecule has 23 heavy (non-hydrogen) atoms. The SMILES string of the molecule is O=C(Cc1ccc([N+](=O)[O-])cc1)NNc1ccc([N+](=O)[O-])cc1. The number of nitrogens with zero attached hydrogens (tertiary/aromatic N) is 2. The van der Waals surface area contributed by atoms with Gasteiger partial charge in [0.1, 0.15) is 0 Å². The standard InChI is InChI=1S/C14H12N4O5/c19-14(9-10-1-5-12(6-2-10)17(20)21)16-15-11-3-7-13(8-4-11)18(22)23/h1-8,15H,9H2,(H,16,19). The molecule has 0 aliphatic carbocycles. The first-order chi connectivity index (χ1) is 11.0. The average Bonchev–Trinajstić information content (AvgIpc) is 2.54. The van der Waals surface area contributed by atoms with Crippen molar-refractivity contribution >= 4 is 23.0 Å². The molecule has 1 amide bonds. The summed E-state index contributed by atoms with van der Waals surface area (Å²) in [6.07, 6.45) is 0.0397. The quantitative estimate of drug-likeness (QED) is 0.621. The molecule has 9 nitrogen and oxygen atoms in total. The van der Waals surface area contributed by atoms with Crippen LogP contribution >= 0.6 is 0 Å². The molecule has 0 saturated carbocycles. The number of nitro benzene ring substituents is 2. The molecule has 0 spiro atoms. The Balaban J connectivity index is 1.87. The van der Waals surface area contributed by atoms with E-state index in [4.69, 9.17) is 0 Å². The van der Waals surface area contributed by atoms with Gasteiger partial charge in [-0.1, -0.05) is 12.1 Å². The maximum absolute atomic E-state index is 11.8. The summed E-state index contributed by atoms with van der Waals surface area (Å²) in [5.41, 5.74) is 6.10. The van der Waals surface area contributed by atoms with Crippen LogP contribution in [-0.2, 0) is 11.2 Å². The summed E-state index contributed by atoms with van der Waals surface area (Å²) in [5.74, 6) is -0.350. The lowest BCUT2D eigenvalue weighted by atomic mass is 10.1. The van der Waals surface area contributed by atoms with E-state index in [2.05, 4.69) is 10.9 Å². The molecule has 9 heteroatoms. The topological polar surface area (TPSA) is 127 Å². The van der Waals surface area contributed by atoms with Crippen molar-refractivity contribution in [2.45, 2.75) is 6.42 Å². The smallest absolute Gasteiger partial charge is 0.269 e. The van der Waals surface area contributed by atoms with Crippen LogP contribution in [0.4, 0.5) is 17.1 Å². The Labute approximate surface area is 130 Å². The zero-order chi connectivity index (χ0) is 16.8. The van der Waals surface area contributed by atoms with Gasteiger partial charge in [-0.2, -0.15) is 0 Å². The van der Waals surface area contributed by atoms with Crippen LogP contribution in [0.1, 0.15) is 5.56 Å². The molecule has 0 atom stereocenters. The highest BCUT2D eigenvalue weighted by Crippen LogP contribution is 2.15. The molecular formula is C14H12N4O5. The lowest BCUT2D eigenvalue weighted by Crippen LogP contribution is -2.30. The van der Waals surface area contributed by atoms with Crippen LogP contribution in [0, 0.1) is 20.2 Å². The van der Waals surface area contributed by atoms with Crippen molar-refractivity contribution in [2.75, 3.05) is 5.43 Å². The van der Waals surface area contributed by atoms with Crippen LogP contribution in [0.5, 0.6) is 0 Å². The van der Waals surface area contributed by atoms with E-state index in [0.29, 0.717) is 11.3 Å². The normalized spacial score (nSPS) is 9.91. The van der Waals surface area contributed by atoms with Gasteiger partial charge in [0.05, 0.1) is 22.0 Å². The van der Waals surface area contributed by atoms with Crippen molar-refractivity contribution < 1.29 is 14.6 Å². The molecule has 0 bridgehead atoms. The van der Waals surface area contributed by atoms with Gasteiger partial charge in [0, 0.05) is 24.3 Å². The molecule has 0 unspecified atom stereocenters. The largest absolute Gasteiger partial charge is 0.299 e. The van der Waals surface area contributed by atoms with Gasteiger partial charge in [-0.15, -0.1) is 0 Å². The third-order valence-electron chi connectivity index (χ3n) is 2.94. The molecule has 0 saturated heterocycles. The predicted octanol–water partition coefficient (Wildman–Crippen LogP) is 2.19. The number of nitrogens with one attached hydrogen (secondary N) is 2. The number of hydrogen-bond donors (Lipinski definition) is 2. The van der Waals surface area contributed by atoms with Crippen LogP contribution in [0.2, 0.25) is 0 Å². The fourth-order valence-corrected chi connectivity index (χ4v) is 1.77. The number of nitro groups is 2. The summed E-state index contributed by atoms with van der Waals surface area (Å²) in [4.78, 5) is 31.8. The summed E-state index contributed by atoms with van der Waals surface area (Å²) < 4.78 is 0. The second kappa shape index (κ2) is 6.98. The zero-order valence-corrected chi connectivity index (χ0v) is 11.8. The van der Waals surface area contributed by atoms with Crippen molar-refractivity contribution in [3.05, 3.63) is 74.3 Å². The van der Waals surface area contributed by atoms with Gasteiger partial charge in [-0.3, -0.25) is 35.9 Å². The third-order valence-corrected chi connectivity index (χ3v) is 2.94. The van der Waals surface area contributed by atoms with Crippen LogP contribution < -0.4 is 10.9 Å². The summed E-state index contributed by atoms with van der Waals surface area (Å²) in [6.45, 7) is 0. The van der Waals surface area contributed by atoms with Crippen molar-refractivity contribution in [3.8, 4) is 0 Å². The van der Waals surface area contributed by atoms with Gasteiger partial charge in [0.2, 0.25) is 5.91 Å². The molecule has 0 heterocycles. The van der Waals surface area contributed by atoms with E-state index < -0.39 is 9.85 Å². The number of carbonyl (C=O) groups is 1. The van der Waals surface area contributed by atoms with Crippen LogP contribution in [0.15, 0.2) is 48.5 Å². The van der Waals surface area contributed by atoms with Gasteiger partial charge >= 0.3 is 0 Å². The molecular weight excluding hydrogens is 304 g/mol. The first kappa shape index (κ1) is 15.9. The number of anilines is 1. The third kappa shape index (κ3) is 4.49. The van der Waals surface area contributed by atoms with Crippen LogP contribution in [-0.4, -0.2) is 15.8 Å². The number of hydrogen-bond acceptors (Lipinski definition) is 6. The fourth-order valence-electron chi connectivity index (χ4n) is 1.77. The first-order valence-corrected chi connectivity index (χ1v) is 6.48. The minimum atomic E-state index is -0.517. The highest BCUT2D eigenvalue weighted by atomic mass is 16.6. The van der Waals surface area contributed by atoms with Crippen molar-refractivity contribution in [3.63, 3.8) is 0 Å². The van der Waals surface area contributed by atoms with E-state index in [-0.39, 0.29) is 23.7 Å². The molecule has 0 fully saturated rings. The maximum Gasteiger partial charge on any atom is 0.269 e. The molecule has 118 valence electrons. The van der Waals surface area contributed by atoms with E-state index in [1.165, 1.54) is 48.5 Å². The van der Waals surface area contributed by atoms with Crippen LogP contribution in [0.3, 0.4) is 0 Å². The predicted molar refractivity (Wildman–Crippen MR) is 81.7 cm³/mol. The second-order valence-electron chi connectivity index (χ2n) is 4.58. The van der Waals surface area contributed by atoms with Gasteiger partial charge < -0.3 is 0 Å². The molecule has 2 rings (SSSR count). The van der Waals surface area contributed by atoms with Crippen molar-refractivity contribution in [1.82, 2.24) is 5.43 Å². The van der Waals surface area contributed by atoms with Gasteiger partial charge in [0.25, 0.3) is 11.4 Å². The summed E-state index contributed by atoms with van der Waals surface area (Å²) in [5, 5.41) is 21.1. The Morgan fingerprint density at radius 2 is 1.35 bits per heavy atom. The summed E-state index contributed by atoms with van der Waals surface area (Å²) in [7, 11) is 0. The monoisotopic (exact) mass is 316 g/mol. The van der Waals surface area contributed by atoms with E-state index >= 15 is 0 Å². The average molecular weight is 316 g/mol. The highest BCUT2D eigenvalue weighted by molar-refractivity contribution is 5.79. The van der Waals surface area contributed by atoms with Crippen LogP contribution in [0.25, 0.3) is 0 Å². The number of benzene rings is 2. The molecule has 0 aliphatic rings. The Hall–Kier alpha value is -3.49. The first-order valence-electron chi connectivity index (χ1n) is 6.48. The number of hydrazine groups is 1. The number of rotatable bonds is 6. The van der Waals surface area contributed by atoms with Gasteiger partial charge in [-0.05, 0) is 17.7 Å². The highest BCUT2D eigenvalue weighted by Gasteiger charge is 2.08. The minimum absolute atomic E-state index is 0.0397. The number of carbonyl (C=O) groups excluding carboxylic acids is 1. The second-order valence-corrected chi connectivity index (χ2v) is 4.58. The van der Waals surface area contributed by atoms with E-state index in [9.17, 15) is 25.0 Å². The lowest BCUT2D eigenvalue weighted by molar-refractivity contribution is -0.385. The Morgan fingerprint density at radius 1 is 0.870 bits per heavy atom. The summed E-state index contributed by atoms with van der Waals surface area (Å²) in [6, 6.07) is 11.2. The molecule has 0 radical (unpaired) electrons. The van der Waals surface area contributed by atoms with Gasteiger partial charge in [0.15, 0.2) is 0 Å². The number of amides is 1. The molecule has 2 aromatic rings. The lowest BCUT2D eigenvalue weighted by Gasteiger charge is -2.08. The van der Waals surface area contributed by atoms with E-state index in [1.54, 1.807) is 0 Å². The number of non-ortho nitro benzene ring substituents is 2. The Bertz CT molecular complexity index is 728. The molecule has 0 aromatic heterocycles. The van der Waals surface area contributed by atoms with Crippen molar-refractivity contribution in [1.29, 1.82) is 0 Å². The maximum atomic E-state index is 11.8. The summed E-state index contributed by atoms with van der Waals surface area (Å²) >= 11 is 0. The van der Waals surface area contributed by atoms with E-state index in [1.807, 2.05) is 0 Å². The molecule has 2 N–H and O–H groups in total. The zero-order valence-electron chi connectivity index (χ0n) is 11.8. The Kier molecular flexibility index (Phi) is 4.82. The fraction of sp³-hybridized carbons (Fsp3) is 0.0714. The van der Waals surface area contributed by atoms with Crippen molar-refractivity contribution in [2.24, 2.45) is 0 Å². The molecule has 0 aliphatic heterocycles.